The van der Waals surface area contributed by atoms with Crippen LogP contribution in [0.25, 0.3) is 17.3 Å². The second-order valence-corrected chi connectivity index (χ2v) is 8.46. The SMILES string of the molecule is CC1(C)OB(C(F)=Cc2cn(CC3CC3)nc2-c2cccnc2)OC1(C)C. The summed E-state index contributed by atoms with van der Waals surface area (Å²) in [7, 11) is -1.01. The quantitative estimate of drug-likeness (QED) is 0.738. The van der Waals surface area contributed by atoms with Crippen LogP contribution >= 0.6 is 0 Å². The van der Waals surface area contributed by atoms with Crippen LogP contribution in [-0.4, -0.2) is 33.1 Å². The summed E-state index contributed by atoms with van der Waals surface area (Å²) in [5.41, 5.74) is 0.673. The predicted molar refractivity (Wildman–Crippen MR) is 103 cm³/mol. The Morgan fingerprint density at radius 1 is 1.30 bits per heavy atom. The van der Waals surface area contributed by atoms with Gasteiger partial charge in [0.15, 0.2) is 0 Å². The molecule has 3 heterocycles. The van der Waals surface area contributed by atoms with Gasteiger partial charge >= 0.3 is 7.12 Å². The molecule has 1 aliphatic heterocycles. The Bertz CT molecular complexity index is 843. The highest BCUT2D eigenvalue weighted by Crippen LogP contribution is 2.39. The first-order valence-corrected chi connectivity index (χ1v) is 9.46. The van der Waals surface area contributed by atoms with E-state index in [9.17, 15) is 0 Å². The highest BCUT2D eigenvalue weighted by molar-refractivity contribution is 6.54. The minimum Gasteiger partial charge on any atom is -0.398 e. The van der Waals surface area contributed by atoms with Crippen molar-refractivity contribution in [1.29, 1.82) is 0 Å². The zero-order valence-corrected chi connectivity index (χ0v) is 16.3. The van der Waals surface area contributed by atoms with Gasteiger partial charge in [-0.25, -0.2) is 4.39 Å². The van der Waals surface area contributed by atoms with Gasteiger partial charge in [0.25, 0.3) is 0 Å². The fourth-order valence-electron chi connectivity index (χ4n) is 3.10. The van der Waals surface area contributed by atoms with Crippen molar-refractivity contribution in [3.8, 4) is 11.3 Å². The second kappa shape index (κ2) is 6.57. The van der Waals surface area contributed by atoms with Crippen molar-refractivity contribution >= 4 is 13.2 Å². The van der Waals surface area contributed by atoms with Gasteiger partial charge in [-0.3, -0.25) is 9.67 Å². The van der Waals surface area contributed by atoms with E-state index >= 15 is 4.39 Å². The number of aromatic nitrogens is 3. The highest BCUT2D eigenvalue weighted by atomic mass is 19.1. The largest absolute Gasteiger partial charge is 0.525 e. The third-order valence-electron chi connectivity index (χ3n) is 5.64. The van der Waals surface area contributed by atoms with Crippen molar-refractivity contribution < 1.29 is 13.7 Å². The molecule has 0 amide bonds. The van der Waals surface area contributed by atoms with Crippen LogP contribution in [0.5, 0.6) is 0 Å². The Labute approximate surface area is 159 Å². The molecule has 1 saturated carbocycles. The van der Waals surface area contributed by atoms with Gasteiger partial charge < -0.3 is 9.31 Å². The van der Waals surface area contributed by atoms with Gasteiger partial charge in [-0.15, -0.1) is 0 Å². The molecule has 2 aromatic heterocycles. The second-order valence-electron chi connectivity index (χ2n) is 8.46. The number of nitrogens with zero attached hydrogens (tertiary/aromatic N) is 3. The first kappa shape index (κ1) is 18.4. The van der Waals surface area contributed by atoms with Gasteiger partial charge in [0.2, 0.25) is 0 Å². The molecule has 0 aromatic carbocycles. The Morgan fingerprint density at radius 2 is 2.00 bits per heavy atom. The van der Waals surface area contributed by atoms with Crippen LogP contribution < -0.4 is 0 Å². The first-order chi connectivity index (χ1) is 12.7. The highest BCUT2D eigenvalue weighted by Gasteiger charge is 2.53. The molecule has 4 rings (SSSR count). The van der Waals surface area contributed by atoms with E-state index in [1.54, 1.807) is 12.4 Å². The van der Waals surface area contributed by atoms with Gasteiger partial charge in [0.1, 0.15) is 11.4 Å². The van der Waals surface area contributed by atoms with E-state index < -0.39 is 24.0 Å². The van der Waals surface area contributed by atoms with E-state index in [1.165, 1.54) is 18.9 Å². The molecule has 0 unspecified atom stereocenters. The third-order valence-corrected chi connectivity index (χ3v) is 5.64. The average molecular weight is 369 g/mol. The standard InChI is InChI=1S/C20H25BFN3O2/c1-19(2)20(3,4)27-21(26-19)17(22)10-16-13-25(12-14-7-8-14)24-18(16)15-6-5-9-23-11-15/h5-6,9-11,13-14H,7-8,12H2,1-4H3. The van der Waals surface area contributed by atoms with Crippen LogP contribution in [0.2, 0.25) is 0 Å². The van der Waals surface area contributed by atoms with Crippen LogP contribution in [0.1, 0.15) is 46.1 Å². The molecule has 2 aromatic rings. The van der Waals surface area contributed by atoms with Crippen molar-refractivity contribution in [2.75, 3.05) is 0 Å². The summed E-state index contributed by atoms with van der Waals surface area (Å²) in [5.74, 6) is 0.677. The monoisotopic (exact) mass is 369 g/mol. The zero-order valence-electron chi connectivity index (χ0n) is 16.3. The lowest BCUT2D eigenvalue weighted by atomic mass is 9.86. The third kappa shape index (κ3) is 3.71. The normalized spacial score (nSPS) is 21.7. The van der Waals surface area contributed by atoms with E-state index in [0.29, 0.717) is 11.5 Å². The van der Waals surface area contributed by atoms with Gasteiger partial charge in [-0.1, -0.05) is 0 Å². The summed E-state index contributed by atoms with van der Waals surface area (Å²) in [5, 5.41) is 4.68. The Hall–Kier alpha value is -1.99. The molecule has 142 valence electrons. The lowest BCUT2D eigenvalue weighted by Gasteiger charge is -2.32. The fourth-order valence-corrected chi connectivity index (χ4v) is 3.10. The van der Waals surface area contributed by atoms with Crippen LogP contribution in [0.3, 0.4) is 0 Å². The van der Waals surface area contributed by atoms with E-state index in [-0.39, 0.29) is 0 Å². The van der Waals surface area contributed by atoms with Gasteiger partial charge in [0.05, 0.1) is 11.2 Å². The molecule has 2 aliphatic rings. The Balaban J connectivity index is 1.66. The molecule has 1 aliphatic carbocycles. The molecule has 0 radical (unpaired) electrons. The molecule has 0 bridgehead atoms. The molecule has 2 fully saturated rings. The van der Waals surface area contributed by atoms with E-state index in [1.807, 2.05) is 50.7 Å². The Kier molecular flexibility index (Phi) is 4.47. The van der Waals surface area contributed by atoms with Gasteiger partial charge in [-0.2, -0.15) is 5.10 Å². The Morgan fingerprint density at radius 3 is 2.59 bits per heavy atom. The summed E-state index contributed by atoms with van der Waals surface area (Å²) < 4.78 is 28.6. The van der Waals surface area contributed by atoms with Gasteiger partial charge in [0, 0.05) is 36.3 Å². The molecular weight excluding hydrogens is 344 g/mol. The van der Waals surface area contributed by atoms with Crippen molar-refractivity contribution in [2.45, 2.75) is 58.3 Å². The minimum absolute atomic E-state index is 0.454. The predicted octanol–water partition coefficient (Wildman–Crippen LogP) is 4.30. The average Bonchev–Trinajstić information content (AvgIpc) is 3.28. The lowest BCUT2D eigenvalue weighted by molar-refractivity contribution is 0.00578. The van der Waals surface area contributed by atoms with Crippen LogP contribution in [0, 0.1) is 5.92 Å². The van der Waals surface area contributed by atoms with E-state index in [0.717, 1.165) is 17.8 Å². The number of hydrogen-bond donors (Lipinski definition) is 0. The number of rotatable bonds is 5. The molecule has 0 N–H and O–H groups in total. The topological polar surface area (TPSA) is 49.2 Å². The lowest BCUT2D eigenvalue weighted by Crippen LogP contribution is -2.41. The molecular formula is C20H25BFN3O2. The first-order valence-electron chi connectivity index (χ1n) is 9.46. The van der Waals surface area contributed by atoms with E-state index in [4.69, 9.17) is 9.31 Å². The molecule has 0 spiro atoms. The van der Waals surface area contributed by atoms with Crippen LogP contribution in [0.4, 0.5) is 4.39 Å². The molecule has 7 heteroatoms. The molecule has 5 nitrogen and oxygen atoms in total. The summed E-state index contributed by atoms with van der Waals surface area (Å²) in [6.45, 7) is 8.51. The molecule has 1 saturated heterocycles. The number of pyridine rings is 1. The number of hydrogen-bond acceptors (Lipinski definition) is 4. The summed E-state index contributed by atoms with van der Waals surface area (Å²) >= 11 is 0. The number of halogens is 1. The van der Waals surface area contributed by atoms with Crippen molar-refractivity contribution in [3.63, 3.8) is 0 Å². The van der Waals surface area contributed by atoms with Crippen molar-refractivity contribution in [1.82, 2.24) is 14.8 Å². The van der Waals surface area contributed by atoms with E-state index in [2.05, 4.69) is 10.1 Å². The fraction of sp³-hybridized carbons (Fsp3) is 0.500. The van der Waals surface area contributed by atoms with Crippen LogP contribution in [0.15, 0.2) is 36.4 Å². The van der Waals surface area contributed by atoms with Crippen molar-refractivity contribution in [2.24, 2.45) is 5.92 Å². The molecule has 0 atom stereocenters. The van der Waals surface area contributed by atoms with Crippen LogP contribution in [-0.2, 0) is 15.9 Å². The van der Waals surface area contributed by atoms with Crippen molar-refractivity contribution in [3.05, 3.63) is 42.0 Å². The maximum Gasteiger partial charge on any atom is 0.525 e. The maximum atomic E-state index is 15.0. The minimum atomic E-state index is -1.01. The maximum absolute atomic E-state index is 15.0. The smallest absolute Gasteiger partial charge is 0.398 e. The summed E-state index contributed by atoms with van der Waals surface area (Å²) in [6, 6.07) is 3.79. The summed E-state index contributed by atoms with van der Waals surface area (Å²) in [4.78, 5) is 4.17. The summed E-state index contributed by atoms with van der Waals surface area (Å²) in [6.07, 6.45) is 9.29. The zero-order chi connectivity index (χ0) is 19.2. The molecule has 27 heavy (non-hydrogen) atoms. The van der Waals surface area contributed by atoms with Gasteiger partial charge in [-0.05, 0) is 64.7 Å².